The number of aliphatic hydroxyl groups is 1. The first-order valence-corrected chi connectivity index (χ1v) is 6.78. The average Bonchev–Trinajstić information content (AvgIpc) is 2.45. The number of aromatic nitrogens is 2. The Hall–Kier alpha value is -2.46. The van der Waals surface area contributed by atoms with Crippen molar-refractivity contribution in [1.29, 1.82) is 0 Å². The molecule has 3 rings (SSSR count). The number of aliphatic hydroxyl groups excluding tert-OH is 1. The van der Waals surface area contributed by atoms with Gasteiger partial charge in [0.1, 0.15) is 5.75 Å². The Morgan fingerprint density at radius 1 is 1.00 bits per heavy atom. The van der Waals surface area contributed by atoms with Crippen molar-refractivity contribution < 1.29 is 9.84 Å². The summed E-state index contributed by atoms with van der Waals surface area (Å²) in [5.74, 6) is 0.628. The number of nitrogens with zero attached hydrogens (tertiary/aromatic N) is 2. The van der Waals surface area contributed by atoms with E-state index in [1.165, 1.54) is 0 Å². The molecule has 0 spiro atoms. The average molecular weight is 280 g/mol. The van der Waals surface area contributed by atoms with Crippen molar-refractivity contribution in [3.8, 4) is 11.8 Å². The Labute approximate surface area is 123 Å². The van der Waals surface area contributed by atoms with Crippen LogP contribution in [0.15, 0.2) is 42.5 Å². The van der Waals surface area contributed by atoms with Crippen LogP contribution in [0.2, 0.25) is 0 Å². The van der Waals surface area contributed by atoms with Crippen molar-refractivity contribution in [2.75, 3.05) is 0 Å². The maximum Gasteiger partial charge on any atom is 0.322 e. The Morgan fingerprint density at radius 3 is 2.43 bits per heavy atom. The lowest BCUT2D eigenvalue weighted by Gasteiger charge is -2.09. The summed E-state index contributed by atoms with van der Waals surface area (Å²) in [4.78, 5) is 8.54. The van der Waals surface area contributed by atoms with E-state index < -0.39 is 0 Å². The summed E-state index contributed by atoms with van der Waals surface area (Å²) in [6.07, 6.45) is 0. The molecule has 0 aliphatic rings. The molecule has 0 aliphatic carbocycles. The molecule has 4 nitrogen and oxygen atoms in total. The second-order valence-electron chi connectivity index (χ2n) is 5.00. The van der Waals surface area contributed by atoms with Crippen LogP contribution in [0.3, 0.4) is 0 Å². The fourth-order valence-corrected chi connectivity index (χ4v) is 2.39. The van der Waals surface area contributed by atoms with Crippen LogP contribution in [0.5, 0.6) is 11.8 Å². The van der Waals surface area contributed by atoms with Gasteiger partial charge in [-0.1, -0.05) is 24.3 Å². The fraction of sp³-hybridized carbons (Fsp3) is 0.176. The first kappa shape index (κ1) is 13.5. The molecule has 0 unspecified atom stereocenters. The fourth-order valence-electron chi connectivity index (χ4n) is 2.39. The summed E-state index contributed by atoms with van der Waals surface area (Å²) >= 11 is 0. The highest BCUT2D eigenvalue weighted by molar-refractivity contribution is 5.87. The van der Waals surface area contributed by atoms with Gasteiger partial charge in [0.05, 0.1) is 6.61 Å². The van der Waals surface area contributed by atoms with Gasteiger partial charge in [-0.2, -0.15) is 0 Å². The molecule has 0 bridgehead atoms. The second kappa shape index (κ2) is 5.50. The molecule has 106 valence electrons. The largest absolute Gasteiger partial charge is 0.424 e. The zero-order valence-electron chi connectivity index (χ0n) is 12.0. The van der Waals surface area contributed by atoms with Gasteiger partial charge >= 0.3 is 6.01 Å². The number of fused-ring (bicyclic) bond motifs is 1. The monoisotopic (exact) mass is 280 g/mol. The zero-order valence-corrected chi connectivity index (χ0v) is 12.0. The third kappa shape index (κ3) is 2.85. The summed E-state index contributed by atoms with van der Waals surface area (Å²) in [6.45, 7) is 3.77. The SMILES string of the molecule is Cc1cc(C)nc(Oc2cc(CO)c3ccccc3c2)n1. The highest BCUT2D eigenvalue weighted by atomic mass is 16.5. The summed E-state index contributed by atoms with van der Waals surface area (Å²) in [5, 5.41) is 11.6. The van der Waals surface area contributed by atoms with Crippen molar-refractivity contribution in [1.82, 2.24) is 9.97 Å². The van der Waals surface area contributed by atoms with Crippen molar-refractivity contribution in [2.24, 2.45) is 0 Å². The predicted molar refractivity (Wildman–Crippen MR) is 81.5 cm³/mol. The number of aryl methyl sites for hydroxylation is 2. The first-order valence-electron chi connectivity index (χ1n) is 6.78. The zero-order chi connectivity index (χ0) is 14.8. The molecule has 0 radical (unpaired) electrons. The molecule has 0 saturated carbocycles. The minimum Gasteiger partial charge on any atom is -0.424 e. The molecule has 1 heterocycles. The van der Waals surface area contributed by atoms with E-state index in [1.54, 1.807) is 0 Å². The van der Waals surface area contributed by atoms with Gasteiger partial charge in [-0.15, -0.1) is 0 Å². The van der Waals surface area contributed by atoms with Crippen LogP contribution in [0.4, 0.5) is 0 Å². The lowest BCUT2D eigenvalue weighted by molar-refractivity contribution is 0.282. The van der Waals surface area contributed by atoms with Gasteiger partial charge < -0.3 is 9.84 Å². The molecule has 1 N–H and O–H groups in total. The van der Waals surface area contributed by atoms with Crippen molar-refractivity contribution >= 4 is 10.8 Å². The molecule has 0 saturated heterocycles. The van der Waals surface area contributed by atoms with E-state index in [-0.39, 0.29) is 6.61 Å². The van der Waals surface area contributed by atoms with Gasteiger partial charge in [0.25, 0.3) is 0 Å². The van der Waals surface area contributed by atoms with Crippen LogP contribution in [0, 0.1) is 13.8 Å². The number of hydrogen-bond donors (Lipinski definition) is 1. The van der Waals surface area contributed by atoms with E-state index in [1.807, 2.05) is 56.3 Å². The Morgan fingerprint density at radius 2 is 1.71 bits per heavy atom. The van der Waals surface area contributed by atoms with Gasteiger partial charge in [-0.05, 0) is 48.4 Å². The van der Waals surface area contributed by atoms with Crippen molar-refractivity contribution in [2.45, 2.75) is 20.5 Å². The standard InChI is InChI=1S/C17H16N2O2/c1-11-7-12(2)19-17(18-11)21-15-8-13-5-3-4-6-16(13)14(9-15)10-20/h3-9,20H,10H2,1-2H3. The summed E-state index contributed by atoms with van der Waals surface area (Å²) < 4.78 is 5.76. The number of ether oxygens (including phenoxy) is 1. The number of benzene rings is 2. The molecule has 0 fully saturated rings. The van der Waals surface area contributed by atoms with E-state index in [0.717, 1.165) is 27.7 Å². The van der Waals surface area contributed by atoms with E-state index >= 15 is 0 Å². The third-order valence-corrected chi connectivity index (χ3v) is 3.26. The molecule has 1 aromatic heterocycles. The van der Waals surface area contributed by atoms with Crippen LogP contribution < -0.4 is 4.74 Å². The Kier molecular flexibility index (Phi) is 3.54. The highest BCUT2D eigenvalue weighted by Gasteiger charge is 2.07. The molecule has 21 heavy (non-hydrogen) atoms. The van der Waals surface area contributed by atoms with Gasteiger partial charge in [-0.25, -0.2) is 9.97 Å². The smallest absolute Gasteiger partial charge is 0.322 e. The van der Waals surface area contributed by atoms with Crippen LogP contribution in [0.1, 0.15) is 17.0 Å². The maximum atomic E-state index is 9.53. The second-order valence-corrected chi connectivity index (χ2v) is 5.00. The Balaban J connectivity index is 2.04. The molecular weight excluding hydrogens is 264 g/mol. The van der Waals surface area contributed by atoms with Gasteiger partial charge in [0, 0.05) is 11.4 Å². The summed E-state index contributed by atoms with van der Waals surface area (Å²) in [5.41, 5.74) is 2.55. The molecule has 2 aromatic carbocycles. The minimum absolute atomic E-state index is 0.0363. The van der Waals surface area contributed by atoms with Crippen LogP contribution in [-0.4, -0.2) is 15.1 Å². The van der Waals surface area contributed by atoms with Crippen LogP contribution >= 0.6 is 0 Å². The molecule has 0 atom stereocenters. The lowest BCUT2D eigenvalue weighted by Crippen LogP contribution is -1.97. The van der Waals surface area contributed by atoms with E-state index in [9.17, 15) is 5.11 Å². The topological polar surface area (TPSA) is 55.2 Å². The van der Waals surface area contributed by atoms with E-state index in [2.05, 4.69) is 9.97 Å². The Bertz CT molecular complexity index is 780. The number of hydrogen-bond acceptors (Lipinski definition) is 4. The van der Waals surface area contributed by atoms with Crippen LogP contribution in [0.25, 0.3) is 10.8 Å². The van der Waals surface area contributed by atoms with Gasteiger partial charge in [0.15, 0.2) is 0 Å². The quantitative estimate of drug-likeness (QED) is 0.797. The molecular formula is C17H16N2O2. The summed E-state index contributed by atoms with van der Waals surface area (Å²) in [7, 11) is 0. The van der Waals surface area contributed by atoms with E-state index in [4.69, 9.17) is 4.74 Å². The van der Waals surface area contributed by atoms with Crippen LogP contribution in [-0.2, 0) is 6.61 Å². The highest BCUT2D eigenvalue weighted by Crippen LogP contribution is 2.27. The van der Waals surface area contributed by atoms with Gasteiger partial charge in [-0.3, -0.25) is 0 Å². The van der Waals surface area contributed by atoms with E-state index in [0.29, 0.717) is 11.8 Å². The number of rotatable bonds is 3. The van der Waals surface area contributed by atoms with Gasteiger partial charge in [0.2, 0.25) is 0 Å². The van der Waals surface area contributed by atoms with Crippen molar-refractivity contribution in [3.63, 3.8) is 0 Å². The molecule has 0 amide bonds. The minimum atomic E-state index is -0.0363. The normalized spacial score (nSPS) is 10.8. The summed E-state index contributed by atoms with van der Waals surface area (Å²) in [6, 6.07) is 13.9. The third-order valence-electron chi connectivity index (χ3n) is 3.26. The first-order chi connectivity index (χ1) is 10.2. The van der Waals surface area contributed by atoms with Crippen molar-refractivity contribution in [3.05, 3.63) is 59.4 Å². The predicted octanol–water partition coefficient (Wildman–Crippen LogP) is 3.53. The lowest BCUT2D eigenvalue weighted by atomic mass is 10.0. The molecule has 0 aliphatic heterocycles. The molecule has 4 heteroatoms. The molecule has 3 aromatic rings. The maximum absolute atomic E-state index is 9.53.